The number of amides is 2. The zero-order valence-corrected chi connectivity index (χ0v) is 19.0. The zero-order valence-electron chi connectivity index (χ0n) is 19.0. The molecule has 2 saturated heterocycles. The molecule has 6 atom stereocenters. The number of hydrogen-bond acceptors (Lipinski definition) is 7. The number of aliphatic hydroxyl groups is 1. The largest absolute Gasteiger partial charge is 0.388 e. The Hall–Kier alpha value is -2.88. The molecule has 3 aliphatic heterocycles. The molecule has 3 heterocycles. The van der Waals surface area contributed by atoms with E-state index in [9.17, 15) is 14.7 Å². The fourth-order valence-electron chi connectivity index (χ4n) is 4.57. The number of ether oxygens (including phenoxy) is 4. The van der Waals surface area contributed by atoms with Crippen LogP contribution in [0.1, 0.15) is 31.3 Å². The summed E-state index contributed by atoms with van der Waals surface area (Å²) in [7, 11) is 0. The van der Waals surface area contributed by atoms with E-state index in [4.69, 9.17) is 18.9 Å². The van der Waals surface area contributed by atoms with Crippen LogP contribution in [-0.4, -0.2) is 59.1 Å². The molecule has 0 saturated carbocycles. The summed E-state index contributed by atoms with van der Waals surface area (Å²) in [5, 5.41) is 11.5. The Kier molecular flexibility index (Phi) is 6.33. The molecule has 0 unspecified atom stereocenters. The topological polar surface area (TPSA) is 94.5 Å². The molecule has 8 nitrogen and oxygen atoms in total. The van der Waals surface area contributed by atoms with Crippen molar-refractivity contribution in [2.24, 2.45) is 0 Å². The number of benzene rings is 2. The first kappa shape index (κ1) is 22.9. The number of carbonyl (C=O) groups excluding carboxylic acids is 2. The normalized spacial score (nSPS) is 31.7. The Morgan fingerprint density at radius 1 is 0.941 bits per heavy atom. The van der Waals surface area contributed by atoms with Crippen molar-refractivity contribution in [2.75, 3.05) is 6.61 Å². The van der Waals surface area contributed by atoms with Crippen LogP contribution in [0.15, 0.2) is 71.8 Å². The van der Waals surface area contributed by atoms with Crippen LogP contribution in [-0.2, 0) is 35.1 Å². The average Bonchev–Trinajstić information content (AvgIpc) is 3.06. The van der Waals surface area contributed by atoms with Gasteiger partial charge in [-0.15, -0.1) is 0 Å². The fourth-order valence-corrected chi connectivity index (χ4v) is 4.57. The maximum Gasteiger partial charge on any atom is 0.257 e. The van der Waals surface area contributed by atoms with Gasteiger partial charge in [0.1, 0.15) is 24.4 Å². The average molecular weight is 466 g/mol. The molecule has 1 N–H and O–H groups in total. The predicted octanol–water partition coefficient (Wildman–Crippen LogP) is 2.48. The summed E-state index contributed by atoms with van der Waals surface area (Å²) in [5.74, 6) is -0.929. The molecule has 0 spiro atoms. The van der Waals surface area contributed by atoms with Gasteiger partial charge in [0.05, 0.1) is 13.2 Å². The monoisotopic (exact) mass is 465 g/mol. The third-order valence-electron chi connectivity index (χ3n) is 6.60. The van der Waals surface area contributed by atoms with Gasteiger partial charge in [-0.05, 0) is 19.4 Å². The van der Waals surface area contributed by atoms with E-state index < -0.39 is 48.7 Å². The van der Waals surface area contributed by atoms with E-state index in [1.165, 1.54) is 0 Å². The number of carbonyl (C=O) groups is 2. The molecule has 0 bridgehead atoms. The Labute approximate surface area is 197 Å². The number of imide groups is 1. The minimum absolute atomic E-state index is 0.164. The summed E-state index contributed by atoms with van der Waals surface area (Å²) >= 11 is 0. The number of aliphatic hydroxyl groups excluding tert-OH is 1. The maximum atomic E-state index is 13.0. The molecule has 2 amide bonds. The predicted molar refractivity (Wildman–Crippen MR) is 120 cm³/mol. The molecule has 34 heavy (non-hydrogen) atoms. The van der Waals surface area contributed by atoms with Gasteiger partial charge in [-0.2, -0.15) is 0 Å². The standard InChI is InChI=1S/C26H27NO7/c1-15-16(2)24(30)27(23(15)29)20-21(28)22-19(14-32-25(34-22)18-11-7-4-8-12-18)33-26(20)31-13-17-9-5-3-6-10-17/h3-12,19-22,25-26,28H,13-14H2,1-2H3/t19-,20-,21-,22-,25-,26-/m1/s1. The molecular weight excluding hydrogens is 438 g/mol. The summed E-state index contributed by atoms with van der Waals surface area (Å²) in [6.07, 6.45) is -4.43. The summed E-state index contributed by atoms with van der Waals surface area (Å²) in [6, 6.07) is 17.8. The SMILES string of the molecule is CC1=C(C)C(=O)N([C@H]2[C@H](OCc3ccccc3)O[C@@H]3CO[C@@H](c4ccccc4)O[C@H]3[C@@H]2O)C1=O. The van der Waals surface area contributed by atoms with E-state index in [2.05, 4.69) is 0 Å². The van der Waals surface area contributed by atoms with Gasteiger partial charge in [-0.1, -0.05) is 60.7 Å². The molecule has 5 rings (SSSR count). The highest BCUT2D eigenvalue weighted by Gasteiger charge is 2.55. The molecule has 3 aliphatic rings. The maximum absolute atomic E-state index is 13.0. The van der Waals surface area contributed by atoms with Gasteiger partial charge in [-0.25, -0.2) is 0 Å². The molecule has 178 valence electrons. The van der Waals surface area contributed by atoms with Gasteiger partial charge in [-0.3, -0.25) is 14.5 Å². The third-order valence-corrected chi connectivity index (χ3v) is 6.60. The second-order valence-electron chi connectivity index (χ2n) is 8.73. The van der Waals surface area contributed by atoms with E-state index in [0.29, 0.717) is 11.1 Å². The minimum Gasteiger partial charge on any atom is -0.388 e. The van der Waals surface area contributed by atoms with Crippen LogP contribution in [0.25, 0.3) is 0 Å². The molecule has 2 aromatic rings. The quantitative estimate of drug-likeness (QED) is 0.678. The Morgan fingerprint density at radius 2 is 1.56 bits per heavy atom. The van der Waals surface area contributed by atoms with Crippen molar-refractivity contribution in [3.8, 4) is 0 Å². The summed E-state index contributed by atoms with van der Waals surface area (Å²) in [6.45, 7) is 3.55. The van der Waals surface area contributed by atoms with Crippen molar-refractivity contribution in [1.29, 1.82) is 0 Å². The Balaban J connectivity index is 1.42. The second kappa shape index (κ2) is 9.40. The van der Waals surface area contributed by atoms with Gasteiger partial charge in [0.25, 0.3) is 11.8 Å². The van der Waals surface area contributed by atoms with Crippen LogP contribution in [0, 0.1) is 0 Å². The molecule has 0 radical (unpaired) electrons. The van der Waals surface area contributed by atoms with E-state index in [1.807, 2.05) is 60.7 Å². The van der Waals surface area contributed by atoms with Crippen molar-refractivity contribution in [3.63, 3.8) is 0 Å². The van der Waals surface area contributed by atoms with Crippen molar-refractivity contribution < 1.29 is 33.6 Å². The first-order valence-electron chi connectivity index (χ1n) is 11.3. The van der Waals surface area contributed by atoms with Gasteiger partial charge in [0.15, 0.2) is 12.6 Å². The van der Waals surface area contributed by atoms with Crippen LogP contribution in [0.5, 0.6) is 0 Å². The van der Waals surface area contributed by atoms with Gasteiger partial charge < -0.3 is 24.1 Å². The van der Waals surface area contributed by atoms with Crippen molar-refractivity contribution in [3.05, 3.63) is 82.9 Å². The molecule has 8 heteroatoms. The highest BCUT2D eigenvalue weighted by Crippen LogP contribution is 2.38. The first-order valence-corrected chi connectivity index (χ1v) is 11.3. The lowest BCUT2D eigenvalue weighted by Crippen LogP contribution is -2.67. The van der Waals surface area contributed by atoms with Gasteiger partial charge >= 0.3 is 0 Å². The summed E-state index contributed by atoms with van der Waals surface area (Å²) < 4.78 is 24.2. The number of nitrogens with zero attached hydrogens (tertiary/aromatic N) is 1. The molecule has 2 fully saturated rings. The molecule has 0 aliphatic carbocycles. The van der Waals surface area contributed by atoms with Crippen molar-refractivity contribution in [2.45, 2.75) is 57.4 Å². The van der Waals surface area contributed by atoms with Crippen LogP contribution in [0.3, 0.4) is 0 Å². The van der Waals surface area contributed by atoms with E-state index in [-0.39, 0.29) is 13.2 Å². The van der Waals surface area contributed by atoms with E-state index >= 15 is 0 Å². The van der Waals surface area contributed by atoms with E-state index in [1.54, 1.807) is 13.8 Å². The van der Waals surface area contributed by atoms with Gasteiger partial charge in [0, 0.05) is 16.7 Å². The minimum atomic E-state index is -1.23. The highest BCUT2D eigenvalue weighted by atomic mass is 16.7. The Bertz CT molecular complexity index is 1060. The first-order chi connectivity index (χ1) is 16.5. The second-order valence-corrected chi connectivity index (χ2v) is 8.73. The zero-order chi connectivity index (χ0) is 23.8. The lowest BCUT2D eigenvalue weighted by atomic mass is 9.94. The van der Waals surface area contributed by atoms with E-state index in [0.717, 1.165) is 16.0 Å². The third kappa shape index (κ3) is 4.08. The van der Waals surface area contributed by atoms with Crippen LogP contribution in [0.2, 0.25) is 0 Å². The molecule has 0 aromatic heterocycles. The van der Waals surface area contributed by atoms with Crippen LogP contribution >= 0.6 is 0 Å². The lowest BCUT2D eigenvalue weighted by molar-refractivity contribution is -0.351. The van der Waals surface area contributed by atoms with Gasteiger partial charge in [0.2, 0.25) is 0 Å². The Morgan fingerprint density at radius 3 is 2.21 bits per heavy atom. The fraction of sp³-hybridized carbons (Fsp3) is 0.385. The lowest BCUT2D eigenvalue weighted by Gasteiger charge is -2.49. The number of fused-ring (bicyclic) bond motifs is 1. The van der Waals surface area contributed by atoms with Crippen molar-refractivity contribution >= 4 is 11.8 Å². The molecular formula is C26H27NO7. The highest BCUT2D eigenvalue weighted by molar-refractivity contribution is 6.19. The van der Waals surface area contributed by atoms with Crippen LogP contribution in [0.4, 0.5) is 0 Å². The van der Waals surface area contributed by atoms with Crippen molar-refractivity contribution in [1.82, 2.24) is 4.90 Å². The summed E-state index contributed by atoms with van der Waals surface area (Å²) in [5.41, 5.74) is 2.38. The van der Waals surface area contributed by atoms with Crippen LogP contribution < -0.4 is 0 Å². The smallest absolute Gasteiger partial charge is 0.257 e. The molecule has 2 aromatic carbocycles. The number of rotatable bonds is 5. The number of hydrogen-bond donors (Lipinski definition) is 1. The summed E-state index contributed by atoms with van der Waals surface area (Å²) in [4.78, 5) is 27.0.